The number of hydrogen-bond donors (Lipinski definition) is 2. The van der Waals surface area contributed by atoms with Crippen LogP contribution >= 0.6 is 0 Å². The molecule has 4 nitrogen and oxygen atoms in total. The maximum Gasteiger partial charge on any atom is 0.250 e. The third kappa shape index (κ3) is 1.38. The van der Waals surface area contributed by atoms with Gasteiger partial charge >= 0.3 is 0 Å². The number of para-hydroxylation sites is 1. The number of H-pyrrole nitrogens is 1. The summed E-state index contributed by atoms with van der Waals surface area (Å²) in [6, 6.07) is 7.53. The number of aromatic nitrogens is 2. The smallest absolute Gasteiger partial charge is 0.250 e. The van der Waals surface area contributed by atoms with Crippen molar-refractivity contribution in [3.8, 4) is 0 Å². The van der Waals surface area contributed by atoms with E-state index in [0.717, 1.165) is 27.5 Å². The molecule has 84 valence electrons. The Morgan fingerprint density at radius 3 is 2.94 bits per heavy atom. The van der Waals surface area contributed by atoms with Crippen LogP contribution in [0.5, 0.6) is 0 Å². The van der Waals surface area contributed by atoms with Gasteiger partial charge in [0.1, 0.15) is 0 Å². The second-order valence-electron chi connectivity index (χ2n) is 4.09. The minimum atomic E-state index is -0.424. The predicted octanol–water partition coefficient (Wildman–Crippen LogP) is 2.12. The fourth-order valence-corrected chi connectivity index (χ4v) is 2.13. The number of aryl methyl sites for hydroxylation is 1. The molecule has 3 rings (SSSR count). The van der Waals surface area contributed by atoms with E-state index in [1.54, 1.807) is 12.3 Å². The summed E-state index contributed by atoms with van der Waals surface area (Å²) in [5, 5.41) is 2.07. The van der Waals surface area contributed by atoms with Crippen LogP contribution in [0.15, 0.2) is 30.5 Å². The summed E-state index contributed by atoms with van der Waals surface area (Å²) in [5.41, 5.74) is 8.51. The molecule has 0 spiro atoms. The number of aromatic amines is 1. The molecule has 0 bridgehead atoms. The first-order valence-corrected chi connectivity index (χ1v) is 5.33. The molecule has 0 fully saturated rings. The Labute approximate surface area is 97.5 Å². The number of nitrogens with zero attached hydrogens (tertiary/aromatic N) is 1. The standard InChI is InChI=1S/C13H11N3O/c1-7-5-10-8-3-2-4-9(13(14)17)12(8)16-11(10)6-15-7/h2-6,16H,1H3,(H2,14,17). The average Bonchev–Trinajstić information content (AvgIpc) is 2.66. The van der Waals surface area contributed by atoms with E-state index in [2.05, 4.69) is 9.97 Å². The highest BCUT2D eigenvalue weighted by Crippen LogP contribution is 2.27. The van der Waals surface area contributed by atoms with E-state index in [4.69, 9.17) is 5.73 Å². The number of nitrogens with one attached hydrogen (secondary N) is 1. The van der Waals surface area contributed by atoms with Crippen molar-refractivity contribution in [1.82, 2.24) is 9.97 Å². The van der Waals surface area contributed by atoms with Crippen molar-refractivity contribution in [2.24, 2.45) is 5.73 Å². The van der Waals surface area contributed by atoms with E-state index < -0.39 is 5.91 Å². The van der Waals surface area contributed by atoms with Crippen molar-refractivity contribution in [1.29, 1.82) is 0 Å². The Morgan fingerprint density at radius 1 is 1.35 bits per heavy atom. The lowest BCUT2D eigenvalue weighted by Crippen LogP contribution is -2.11. The Balaban J connectivity index is 2.51. The molecule has 0 radical (unpaired) electrons. The van der Waals surface area contributed by atoms with Gasteiger partial charge in [-0.3, -0.25) is 9.78 Å². The normalized spacial score (nSPS) is 11.1. The molecule has 0 aliphatic carbocycles. The molecule has 2 aromatic heterocycles. The van der Waals surface area contributed by atoms with Gasteiger partial charge in [0.15, 0.2) is 0 Å². The molecule has 2 heterocycles. The Bertz CT molecular complexity index is 743. The fraction of sp³-hybridized carbons (Fsp3) is 0.0769. The van der Waals surface area contributed by atoms with E-state index >= 15 is 0 Å². The number of benzene rings is 1. The van der Waals surface area contributed by atoms with Gasteiger partial charge in [-0.25, -0.2) is 0 Å². The molecule has 3 aromatic rings. The molecule has 0 saturated carbocycles. The van der Waals surface area contributed by atoms with Crippen LogP contribution in [0.1, 0.15) is 16.1 Å². The van der Waals surface area contributed by atoms with Crippen LogP contribution in [-0.2, 0) is 0 Å². The summed E-state index contributed by atoms with van der Waals surface area (Å²) in [5.74, 6) is -0.424. The molecule has 1 amide bonds. The van der Waals surface area contributed by atoms with Crippen molar-refractivity contribution in [3.63, 3.8) is 0 Å². The molecule has 17 heavy (non-hydrogen) atoms. The van der Waals surface area contributed by atoms with E-state index in [9.17, 15) is 4.79 Å². The van der Waals surface area contributed by atoms with Gasteiger partial charge in [-0.1, -0.05) is 12.1 Å². The number of rotatable bonds is 1. The molecular weight excluding hydrogens is 214 g/mol. The molecule has 0 unspecified atom stereocenters. The molecule has 1 aromatic carbocycles. The highest BCUT2D eigenvalue weighted by atomic mass is 16.1. The van der Waals surface area contributed by atoms with Crippen LogP contribution in [0, 0.1) is 6.92 Å². The Hall–Kier alpha value is -2.36. The lowest BCUT2D eigenvalue weighted by Gasteiger charge is -1.97. The molecule has 4 heteroatoms. The van der Waals surface area contributed by atoms with Gasteiger partial charge in [-0.05, 0) is 19.1 Å². The SMILES string of the molecule is Cc1cc2c(cn1)[nH]c1c(C(N)=O)cccc12. The van der Waals surface area contributed by atoms with E-state index in [1.807, 2.05) is 25.1 Å². The first-order valence-electron chi connectivity index (χ1n) is 5.33. The summed E-state index contributed by atoms with van der Waals surface area (Å²) < 4.78 is 0. The maximum atomic E-state index is 11.3. The van der Waals surface area contributed by atoms with E-state index in [0.29, 0.717) is 5.56 Å². The monoisotopic (exact) mass is 225 g/mol. The quantitative estimate of drug-likeness (QED) is 0.665. The Morgan fingerprint density at radius 2 is 2.18 bits per heavy atom. The lowest BCUT2D eigenvalue weighted by molar-refractivity contribution is 0.100. The van der Waals surface area contributed by atoms with Crippen LogP contribution in [0.25, 0.3) is 21.8 Å². The maximum absolute atomic E-state index is 11.3. The number of hydrogen-bond acceptors (Lipinski definition) is 2. The second kappa shape index (κ2) is 3.31. The van der Waals surface area contributed by atoms with Gasteiger partial charge in [0.25, 0.3) is 5.91 Å². The first-order chi connectivity index (χ1) is 8.16. The van der Waals surface area contributed by atoms with Crippen molar-refractivity contribution < 1.29 is 4.79 Å². The topological polar surface area (TPSA) is 71.8 Å². The van der Waals surface area contributed by atoms with Crippen molar-refractivity contribution in [2.45, 2.75) is 6.92 Å². The Kier molecular flexibility index (Phi) is 1.92. The molecule has 0 saturated heterocycles. The van der Waals surface area contributed by atoms with E-state index in [1.165, 1.54) is 0 Å². The van der Waals surface area contributed by atoms with Gasteiger partial charge < -0.3 is 10.7 Å². The van der Waals surface area contributed by atoms with Gasteiger partial charge in [-0.15, -0.1) is 0 Å². The summed E-state index contributed by atoms with van der Waals surface area (Å²) in [6.07, 6.45) is 1.77. The number of carbonyl (C=O) groups is 1. The minimum absolute atomic E-state index is 0.424. The molecule has 0 aliphatic rings. The zero-order valence-electron chi connectivity index (χ0n) is 9.32. The third-order valence-electron chi connectivity index (χ3n) is 2.92. The van der Waals surface area contributed by atoms with Crippen molar-refractivity contribution in [2.75, 3.05) is 0 Å². The average molecular weight is 225 g/mol. The van der Waals surface area contributed by atoms with E-state index in [-0.39, 0.29) is 0 Å². The van der Waals surface area contributed by atoms with Gasteiger partial charge in [0.05, 0.1) is 22.8 Å². The zero-order chi connectivity index (χ0) is 12.0. The number of amides is 1. The summed E-state index contributed by atoms with van der Waals surface area (Å²) in [4.78, 5) is 18.8. The van der Waals surface area contributed by atoms with Gasteiger partial charge in [0, 0.05) is 16.5 Å². The molecule has 3 N–H and O–H groups in total. The number of carbonyl (C=O) groups excluding carboxylic acids is 1. The summed E-state index contributed by atoms with van der Waals surface area (Å²) in [6.45, 7) is 1.94. The highest BCUT2D eigenvalue weighted by molar-refractivity contribution is 6.14. The van der Waals surface area contributed by atoms with Crippen molar-refractivity contribution in [3.05, 3.63) is 41.7 Å². The van der Waals surface area contributed by atoms with Crippen molar-refractivity contribution >= 4 is 27.7 Å². The number of primary amides is 1. The second-order valence-corrected chi connectivity index (χ2v) is 4.09. The largest absolute Gasteiger partial charge is 0.366 e. The van der Waals surface area contributed by atoms with Crippen LogP contribution in [0.4, 0.5) is 0 Å². The first kappa shape index (κ1) is 9.84. The molecular formula is C13H11N3O. The number of fused-ring (bicyclic) bond motifs is 3. The highest BCUT2D eigenvalue weighted by Gasteiger charge is 2.11. The predicted molar refractivity (Wildman–Crippen MR) is 66.9 cm³/mol. The molecule has 0 atom stereocenters. The lowest BCUT2D eigenvalue weighted by atomic mass is 10.1. The molecule has 0 aliphatic heterocycles. The van der Waals surface area contributed by atoms with Gasteiger partial charge in [0.2, 0.25) is 0 Å². The zero-order valence-corrected chi connectivity index (χ0v) is 9.32. The summed E-state index contributed by atoms with van der Waals surface area (Å²) in [7, 11) is 0. The number of pyridine rings is 1. The van der Waals surface area contributed by atoms with Crippen LogP contribution < -0.4 is 5.73 Å². The van der Waals surface area contributed by atoms with Gasteiger partial charge in [-0.2, -0.15) is 0 Å². The van der Waals surface area contributed by atoms with Crippen LogP contribution in [0.3, 0.4) is 0 Å². The van der Waals surface area contributed by atoms with Crippen LogP contribution in [-0.4, -0.2) is 15.9 Å². The number of nitrogens with two attached hydrogens (primary N) is 1. The third-order valence-corrected chi connectivity index (χ3v) is 2.92. The fourth-order valence-electron chi connectivity index (χ4n) is 2.13. The van der Waals surface area contributed by atoms with Crippen LogP contribution in [0.2, 0.25) is 0 Å². The summed E-state index contributed by atoms with van der Waals surface area (Å²) >= 11 is 0. The minimum Gasteiger partial charge on any atom is -0.366 e.